The molecular formula is C24H40O8. The lowest BCUT2D eigenvalue weighted by molar-refractivity contribution is -0.184. The van der Waals surface area contributed by atoms with Crippen LogP contribution in [0.25, 0.3) is 0 Å². The van der Waals surface area contributed by atoms with E-state index in [1.165, 1.54) is 50.3 Å². The summed E-state index contributed by atoms with van der Waals surface area (Å²) in [6.45, 7) is 18.3. The minimum absolute atomic E-state index is 0.0253. The van der Waals surface area contributed by atoms with E-state index < -0.39 is 36.1 Å². The summed E-state index contributed by atoms with van der Waals surface area (Å²) < 4.78 is 9.52. The average Bonchev–Trinajstić information content (AvgIpc) is 2.81. The average molecular weight is 457 g/mol. The third kappa shape index (κ3) is 14.8. The highest BCUT2D eigenvalue weighted by Crippen LogP contribution is 2.13. The maximum absolute atomic E-state index is 12.0. The van der Waals surface area contributed by atoms with Gasteiger partial charge in [-0.1, -0.05) is 78.0 Å². The summed E-state index contributed by atoms with van der Waals surface area (Å²) >= 11 is 0. The van der Waals surface area contributed by atoms with E-state index in [1.807, 2.05) is 41.5 Å². The number of carboxylic acid groups (broad SMARTS) is 2. The van der Waals surface area contributed by atoms with Gasteiger partial charge in [-0.15, -0.1) is 0 Å². The summed E-state index contributed by atoms with van der Waals surface area (Å²) in [5, 5.41) is 18.5. The van der Waals surface area contributed by atoms with E-state index in [9.17, 15) is 29.4 Å². The van der Waals surface area contributed by atoms with Crippen molar-refractivity contribution in [3.8, 4) is 0 Å². The summed E-state index contributed by atoms with van der Waals surface area (Å²) in [5.41, 5.74) is 0.0505. The van der Waals surface area contributed by atoms with E-state index >= 15 is 0 Å². The first kappa shape index (κ1) is 36.2. The second-order valence-electron chi connectivity index (χ2n) is 4.82. The molecule has 0 rings (SSSR count). The van der Waals surface area contributed by atoms with E-state index in [0.717, 1.165) is 0 Å². The number of rotatable bonds is 9. The largest absolute Gasteiger partial charge is 0.478 e. The fraction of sp³-hybridized carbons (Fsp3) is 0.500. The van der Waals surface area contributed by atoms with E-state index in [4.69, 9.17) is 9.47 Å². The lowest BCUT2D eigenvalue weighted by atomic mass is 10.1. The molecule has 8 heteroatoms. The van der Waals surface area contributed by atoms with Gasteiger partial charge in [0.15, 0.2) is 0 Å². The first-order valence-electron chi connectivity index (χ1n) is 10.7. The molecule has 8 nitrogen and oxygen atoms in total. The van der Waals surface area contributed by atoms with E-state index in [-0.39, 0.29) is 11.1 Å². The topological polar surface area (TPSA) is 127 Å². The monoisotopic (exact) mass is 456 g/mol. The zero-order valence-electron chi connectivity index (χ0n) is 21.0. The Hall–Kier alpha value is -3.16. The molecule has 0 aliphatic rings. The van der Waals surface area contributed by atoms with Gasteiger partial charge in [0.25, 0.3) is 0 Å². The Morgan fingerprint density at radius 1 is 0.594 bits per heavy atom. The lowest BCUT2D eigenvalue weighted by Crippen LogP contribution is -2.46. The maximum atomic E-state index is 12.0. The molecule has 2 N–H and O–H groups in total. The molecule has 0 fully saturated rings. The van der Waals surface area contributed by atoms with Crippen molar-refractivity contribution in [1.29, 1.82) is 0 Å². The van der Waals surface area contributed by atoms with Crippen molar-refractivity contribution in [2.75, 3.05) is 0 Å². The van der Waals surface area contributed by atoms with E-state index in [1.54, 1.807) is 13.8 Å². The molecule has 0 unspecified atom stereocenters. The third-order valence-electron chi connectivity index (χ3n) is 3.02. The van der Waals surface area contributed by atoms with Gasteiger partial charge < -0.3 is 19.7 Å². The zero-order chi connectivity index (χ0) is 26.3. The molecule has 0 saturated carbocycles. The van der Waals surface area contributed by atoms with Crippen LogP contribution in [0.15, 0.2) is 47.6 Å². The fourth-order valence-corrected chi connectivity index (χ4v) is 1.77. The summed E-state index contributed by atoms with van der Waals surface area (Å²) in [6.07, 6.45) is 4.09. The standard InChI is InChI=1S/C18H22O8.3C2H6/c1-5-9-11(7-3)17(23)25-13(15(19)20)14(16(21)22)26-18(24)12(8-4)10-6-2;3*1-2/h5-10,13-14H,1-4H3,(H,19,20)(H,21,22);3*1-2H3/b9-5-,10-6-,11-7+,12-8+;;;/t13-,14-;;;/m0.../s1. The Bertz CT molecular complexity index is 611. The minimum atomic E-state index is -2.21. The molecule has 0 heterocycles. The Balaban J connectivity index is -0.000000597. The van der Waals surface area contributed by atoms with Crippen LogP contribution in [0.2, 0.25) is 0 Å². The normalized spacial score (nSPS) is 12.7. The summed E-state index contributed by atoms with van der Waals surface area (Å²) in [6, 6.07) is 0. The number of ether oxygens (including phenoxy) is 2. The van der Waals surface area contributed by atoms with Gasteiger partial charge in [0.05, 0.1) is 11.1 Å². The van der Waals surface area contributed by atoms with Crippen LogP contribution >= 0.6 is 0 Å². The van der Waals surface area contributed by atoms with Crippen molar-refractivity contribution >= 4 is 23.9 Å². The van der Waals surface area contributed by atoms with Crippen LogP contribution in [0.3, 0.4) is 0 Å². The van der Waals surface area contributed by atoms with Crippen molar-refractivity contribution in [2.24, 2.45) is 0 Å². The van der Waals surface area contributed by atoms with Gasteiger partial charge in [-0.05, 0) is 27.7 Å². The molecule has 0 aromatic carbocycles. The summed E-state index contributed by atoms with van der Waals surface area (Å²) in [5.74, 6) is -5.63. The number of hydrogen-bond acceptors (Lipinski definition) is 6. The molecule has 0 radical (unpaired) electrons. The first-order chi connectivity index (χ1) is 15.2. The van der Waals surface area contributed by atoms with Crippen LogP contribution in [-0.2, 0) is 28.7 Å². The van der Waals surface area contributed by atoms with Gasteiger partial charge in [-0.3, -0.25) is 0 Å². The van der Waals surface area contributed by atoms with Gasteiger partial charge in [0, 0.05) is 0 Å². The molecule has 0 aliphatic heterocycles. The second-order valence-corrected chi connectivity index (χ2v) is 4.82. The fourth-order valence-electron chi connectivity index (χ4n) is 1.77. The molecular weight excluding hydrogens is 416 g/mol. The molecule has 0 aromatic heterocycles. The first-order valence-corrected chi connectivity index (χ1v) is 10.7. The van der Waals surface area contributed by atoms with E-state index in [2.05, 4.69) is 0 Å². The molecule has 184 valence electrons. The van der Waals surface area contributed by atoms with Crippen molar-refractivity contribution in [3.05, 3.63) is 47.6 Å². The number of carbonyl (C=O) groups is 4. The SMILES string of the molecule is C/C=C\C(=C/C)C(=O)O[C@H](C(=O)O)[C@H](OC(=O)C(/C=C\C)=C/C)C(=O)O.CC.CC.CC. The Morgan fingerprint density at radius 3 is 1.00 bits per heavy atom. The summed E-state index contributed by atoms with van der Waals surface area (Å²) in [7, 11) is 0. The molecule has 0 saturated heterocycles. The molecule has 0 bridgehead atoms. The molecule has 0 amide bonds. The Kier molecular flexibility index (Phi) is 27.3. The summed E-state index contributed by atoms with van der Waals surface area (Å²) in [4.78, 5) is 46.8. The smallest absolute Gasteiger partial charge is 0.349 e. The molecule has 0 aliphatic carbocycles. The quantitative estimate of drug-likeness (QED) is 0.278. The van der Waals surface area contributed by atoms with Crippen LogP contribution < -0.4 is 0 Å². The number of aliphatic carboxylic acids is 2. The number of allylic oxidation sites excluding steroid dienone is 4. The Labute approximate surface area is 192 Å². The predicted octanol–water partition coefficient (Wildman–Crippen LogP) is 5.10. The van der Waals surface area contributed by atoms with Crippen molar-refractivity contribution in [2.45, 2.75) is 81.4 Å². The minimum Gasteiger partial charge on any atom is -0.478 e. The maximum Gasteiger partial charge on any atom is 0.349 e. The van der Waals surface area contributed by atoms with Crippen molar-refractivity contribution in [1.82, 2.24) is 0 Å². The van der Waals surface area contributed by atoms with Crippen LogP contribution in [0, 0.1) is 0 Å². The van der Waals surface area contributed by atoms with Crippen LogP contribution in [0.4, 0.5) is 0 Å². The lowest BCUT2D eigenvalue weighted by Gasteiger charge is -2.21. The van der Waals surface area contributed by atoms with Gasteiger partial charge in [-0.25, -0.2) is 19.2 Å². The molecule has 32 heavy (non-hydrogen) atoms. The third-order valence-corrected chi connectivity index (χ3v) is 3.02. The highest BCUT2D eigenvalue weighted by atomic mass is 16.6. The highest BCUT2D eigenvalue weighted by Gasteiger charge is 2.41. The second kappa shape index (κ2) is 24.1. The zero-order valence-corrected chi connectivity index (χ0v) is 21.0. The van der Waals surface area contributed by atoms with Crippen LogP contribution in [0.5, 0.6) is 0 Å². The highest BCUT2D eigenvalue weighted by molar-refractivity contribution is 5.96. The van der Waals surface area contributed by atoms with Crippen LogP contribution in [-0.4, -0.2) is 46.3 Å². The molecule has 0 aromatic rings. The van der Waals surface area contributed by atoms with Gasteiger partial charge in [-0.2, -0.15) is 0 Å². The predicted molar refractivity (Wildman–Crippen MR) is 126 cm³/mol. The molecule has 2 atom stereocenters. The number of carbonyl (C=O) groups excluding carboxylic acids is 2. The van der Waals surface area contributed by atoms with Gasteiger partial charge >= 0.3 is 23.9 Å². The van der Waals surface area contributed by atoms with Crippen LogP contribution in [0.1, 0.15) is 69.2 Å². The number of esters is 2. The van der Waals surface area contributed by atoms with Crippen molar-refractivity contribution in [3.63, 3.8) is 0 Å². The Morgan fingerprint density at radius 2 is 0.844 bits per heavy atom. The number of carboxylic acids is 2. The number of hydrogen-bond donors (Lipinski definition) is 2. The van der Waals surface area contributed by atoms with E-state index in [0.29, 0.717) is 0 Å². The van der Waals surface area contributed by atoms with Crippen molar-refractivity contribution < 1.29 is 38.9 Å². The van der Waals surface area contributed by atoms with Gasteiger partial charge in [0.1, 0.15) is 0 Å². The molecule has 0 spiro atoms. The van der Waals surface area contributed by atoms with Gasteiger partial charge in [0.2, 0.25) is 12.2 Å².